The molecule has 1 saturated heterocycles. The van der Waals surface area contributed by atoms with Crippen molar-refractivity contribution in [1.29, 1.82) is 0 Å². The molecule has 0 N–H and O–H groups in total. The lowest BCUT2D eigenvalue weighted by atomic mass is 10.1. The highest BCUT2D eigenvalue weighted by atomic mass is 32.2. The van der Waals surface area contributed by atoms with E-state index >= 15 is 0 Å². The predicted octanol–water partition coefficient (Wildman–Crippen LogP) is 5.75. The van der Waals surface area contributed by atoms with Crippen LogP contribution in [0.5, 0.6) is 5.75 Å². The van der Waals surface area contributed by atoms with Crippen molar-refractivity contribution in [3.05, 3.63) is 89.7 Å². The van der Waals surface area contributed by atoms with Gasteiger partial charge in [-0.3, -0.25) is 4.31 Å². The fourth-order valence-electron chi connectivity index (χ4n) is 4.29. The number of sulfonamides is 1. The molecule has 1 aliphatic heterocycles. The van der Waals surface area contributed by atoms with Crippen LogP contribution in [0.25, 0.3) is 0 Å². The normalized spacial score (nSPS) is 14.5. The molecule has 3 aromatic rings. The predicted molar refractivity (Wildman–Crippen MR) is 133 cm³/mol. The molecular formula is C27H29F3N2O3S. The molecule has 36 heavy (non-hydrogen) atoms. The van der Waals surface area contributed by atoms with Crippen molar-refractivity contribution < 1.29 is 26.3 Å². The Kier molecular flexibility index (Phi) is 8.53. The minimum atomic E-state index is -4.37. The maximum absolute atomic E-state index is 14.8. The second kappa shape index (κ2) is 11.8. The number of ether oxygens (including phenoxy) is 1. The van der Waals surface area contributed by atoms with Crippen LogP contribution in [0.3, 0.4) is 0 Å². The lowest BCUT2D eigenvalue weighted by Crippen LogP contribution is -2.32. The lowest BCUT2D eigenvalue weighted by molar-refractivity contribution is 0.204. The van der Waals surface area contributed by atoms with E-state index in [1.807, 2.05) is 0 Å². The summed E-state index contributed by atoms with van der Waals surface area (Å²) in [6.45, 7) is 3.23. The molecule has 1 aliphatic rings. The number of rotatable bonds is 10. The monoisotopic (exact) mass is 518 g/mol. The molecule has 1 heterocycles. The van der Waals surface area contributed by atoms with Gasteiger partial charge in [0.25, 0.3) is 10.0 Å². The molecule has 0 spiro atoms. The first-order valence-electron chi connectivity index (χ1n) is 12.0. The van der Waals surface area contributed by atoms with Crippen LogP contribution in [0.2, 0.25) is 0 Å². The second-order valence-corrected chi connectivity index (χ2v) is 10.6. The van der Waals surface area contributed by atoms with E-state index in [1.165, 1.54) is 19.3 Å². The van der Waals surface area contributed by atoms with E-state index in [4.69, 9.17) is 4.74 Å². The van der Waals surface area contributed by atoms with E-state index in [-0.39, 0.29) is 11.4 Å². The summed E-state index contributed by atoms with van der Waals surface area (Å²) in [5.74, 6) is -1.83. The van der Waals surface area contributed by atoms with Gasteiger partial charge in [0.2, 0.25) is 0 Å². The highest BCUT2D eigenvalue weighted by Gasteiger charge is 2.29. The molecule has 9 heteroatoms. The molecular weight excluding hydrogens is 489 g/mol. The standard InChI is InChI=1S/C27H29F3N2O3S/c28-22-9-12-24(13-10-22)36(33,34)32(26-19-23(29)11-14-25(26)30)20-21-7-2-3-8-27(21)35-18-6-17-31-15-4-1-5-16-31/h2-3,7-14,19H,1,4-6,15-18,20H2. The van der Waals surface area contributed by atoms with Gasteiger partial charge in [-0.2, -0.15) is 0 Å². The quantitative estimate of drug-likeness (QED) is 0.321. The molecule has 3 aromatic carbocycles. The highest BCUT2D eigenvalue weighted by Crippen LogP contribution is 2.31. The first kappa shape index (κ1) is 26.0. The van der Waals surface area contributed by atoms with Crippen LogP contribution in [0.15, 0.2) is 71.6 Å². The van der Waals surface area contributed by atoms with Gasteiger partial charge in [0, 0.05) is 18.2 Å². The van der Waals surface area contributed by atoms with Crippen molar-refractivity contribution in [1.82, 2.24) is 4.90 Å². The van der Waals surface area contributed by atoms with Gasteiger partial charge in [-0.05, 0) is 74.8 Å². The van der Waals surface area contributed by atoms with Crippen LogP contribution in [-0.4, -0.2) is 39.6 Å². The molecule has 0 bridgehead atoms. The third-order valence-corrected chi connectivity index (χ3v) is 7.96. The smallest absolute Gasteiger partial charge is 0.264 e. The van der Waals surface area contributed by atoms with E-state index in [9.17, 15) is 21.6 Å². The Morgan fingerprint density at radius 1 is 0.861 bits per heavy atom. The maximum Gasteiger partial charge on any atom is 0.264 e. The summed E-state index contributed by atoms with van der Waals surface area (Å²) in [5, 5.41) is 0. The largest absolute Gasteiger partial charge is 0.493 e. The Bertz CT molecular complexity index is 1260. The number of benzene rings is 3. The Morgan fingerprint density at radius 2 is 1.56 bits per heavy atom. The summed E-state index contributed by atoms with van der Waals surface area (Å²) in [6.07, 6.45) is 4.49. The van der Waals surface area contributed by atoms with Crippen molar-refractivity contribution >= 4 is 15.7 Å². The van der Waals surface area contributed by atoms with E-state index in [0.29, 0.717) is 17.9 Å². The maximum atomic E-state index is 14.8. The summed E-state index contributed by atoms with van der Waals surface area (Å²) in [6, 6.07) is 13.7. The van der Waals surface area contributed by atoms with Gasteiger partial charge in [0.1, 0.15) is 23.2 Å². The Morgan fingerprint density at radius 3 is 2.31 bits per heavy atom. The zero-order valence-electron chi connectivity index (χ0n) is 19.9. The van der Waals surface area contributed by atoms with Crippen LogP contribution in [0, 0.1) is 17.5 Å². The topological polar surface area (TPSA) is 49.9 Å². The van der Waals surface area contributed by atoms with Gasteiger partial charge >= 0.3 is 0 Å². The Labute approximate surface area is 210 Å². The van der Waals surface area contributed by atoms with Crippen LogP contribution < -0.4 is 9.04 Å². The number of para-hydroxylation sites is 1. The molecule has 0 amide bonds. The summed E-state index contributed by atoms with van der Waals surface area (Å²) < 4.78 is 76.1. The second-order valence-electron chi connectivity index (χ2n) is 8.77. The zero-order chi connectivity index (χ0) is 25.5. The third kappa shape index (κ3) is 6.39. The molecule has 0 radical (unpaired) electrons. The van der Waals surface area contributed by atoms with Gasteiger partial charge < -0.3 is 9.64 Å². The first-order chi connectivity index (χ1) is 17.3. The fraction of sp³-hybridized carbons (Fsp3) is 0.333. The van der Waals surface area contributed by atoms with Crippen LogP contribution in [-0.2, 0) is 16.6 Å². The summed E-state index contributed by atoms with van der Waals surface area (Å²) in [7, 11) is -4.37. The number of piperidine rings is 1. The number of hydrogen-bond acceptors (Lipinski definition) is 4. The minimum absolute atomic E-state index is 0.243. The van der Waals surface area contributed by atoms with Gasteiger partial charge in [-0.15, -0.1) is 0 Å². The number of halogens is 3. The van der Waals surface area contributed by atoms with E-state index in [2.05, 4.69) is 4.90 Å². The SMILES string of the molecule is O=S(=O)(c1ccc(F)cc1)N(Cc1ccccc1OCCCN1CCCCC1)c1cc(F)ccc1F. The lowest BCUT2D eigenvalue weighted by Gasteiger charge is -2.27. The molecule has 192 valence electrons. The average molecular weight is 519 g/mol. The molecule has 0 aromatic heterocycles. The summed E-state index contributed by atoms with van der Waals surface area (Å²) in [4.78, 5) is 2.16. The minimum Gasteiger partial charge on any atom is -0.493 e. The third-order valence-electron chi connectivity index (χ3n) is 6.19. The van der Waals surface area contributed by atoms with E-state index < -0.39 is 33.2 Å². The van der Waals surface area contributed by atoms with Crippen LogP contribution in [0.4, 0.5) is 18.9 Å². The Balaban J connectivity index is 1.58. The van der Waals surface area contributed by atoms with Crippen LogP contribution >= 0.6 is 0 Å². The van der Waals surface area contributed by atoms with Gasteiger partial charge in [-0.25, -0.2) is 21.6 Å². The van der Waals surface area contributed by atoms with Gasteiger partial charge in [0.05, 0.1) is 23.7 Å². The molecule has 0 atom stereocenters. The summed E-state index contributed by atoms with van der Waals surface area (Å²) in [5.41, 5.74) is 0.0454. The molecule has 0 unspecified atom stereocenters. The summed E-state index contributed by atoms with van der Waals surface area (Å²) >= 11 is 0. The fourth-order valence-corrected chi connectivity index (χ4v) is 5.74. The molecule has 4 rings (SSSR count). The van der Waals surface area contributed by atoms with Crippen molar-refractivity contribution in [3.8, 4) is 5.75 Å². The zero-order valence-corrected chi connectivity index (χ0v) is 20.7. The molecule has 0 saturated carbocycles. The number of anilines is 1. The average Bonchev–Trinajstić information content (AvgIpc) is 2.88. The first-order valence-corrected chi connectivity index (χ1v) is 13.4. The molecule has 5 nitrogen and oxygen atoms in total. The van der Waals surface area contributed by atoms with Crippen molar-refractivity contribution in [2.45, 2.75) is 37.1 Å². The Hall–Kier alpha value is -3.04. The van der Waals surface area contributed by atoms with Crippen molar-refractivity contribution in [2.75, 3.05) is 30.5 Å². The number of hydrogen-bond donors (Lipinski definition) is 0. The van der Waals surface area contributed by atoms with E-state index in [1.54, 1.807) is 24.3 Å². The highest BCUT2D eigenvalue weighted by molar-refractivity contribution is 7.92. The van der Waals surface area contributed by atoms with Crippen LogP contribution in [0.1, 0.15) is 31.2 Å². The van der Waals surface area contributed by atoms with Crippen molar-refractivity contribution in [3.63, 3.8) is 0 Å². The van der Waals surface area contributed by atoms with Gasteiger partial charge in [-0.1, -0.05) is 24.6 Å². The molecule has 0 aliphatic carbocycles. The van der Waals surface area contributed by atoms with Gasteiger partial charge in [0.15, 0.2) is 0 Å². The molecule has 1 fully saturated rings. The number of likely N-dealkylation sites (tertiary alicyclic amines) is 1. The number of nitrogens with zero attached hydrogens (tertiary/aromatic N) is 2. The van der Waals surface area contributed by atoms with E-state index in [0.717, 1.165) is 72.8 Å². The van der Waals surface area contributed by atoms with Crippen molar-refractivity contribution in [2.24, 2.45) is 0 Å².